The van der Waals surface area contributed by atoms with Crippen molar-refractivity contribution in [2.24, 2.45) is 11.8 Å². The van der Waals surface area contributed by atoms with Crippen molar-refractivity contribution in [1.29, 1.82) is 0 Å². The molecule has 6 heteroatoms. The fourth-order valence-electron chi connectivity index (χ4n) is 2.67. The number of rotatable bonds is 6. The van der Waals surface area contributed by atoms with E-state index in [2.05, 4.69) is 19.2 Å². The molecule has 2 rings (SSSR count). The Balaban J connectivity index is 1.74. The van der Waals surface area contributed by atoms with E-state index in [0.717, 1.165) is 17.7 Å². The Morgan fingerprint density at radius 1 is 1.20 bits per heavy atom. The van der Waals surface area contributed by atoms with Gasteiger partial charge in [-0.15, -0.1) is 11.8 Å². The third-order valence-electron chi connectivity index (χ3n) is 4.76. The third-order valence-corrected chi connectivity index (χ3v) is 6.01. The number of piperidine rings is 1. The summed E-state index contributed by atoms with van der Waals surface area (Å²) in [6.07, 6.45) is 1.49. The van der Waals surface area contributed by atoms with E-state index in [1.165, 1.54) is 11.8 Å². The second-order valence-electron chi connectivity index (χ2n) is 6.94. The van der Waals surface area contributed by atoms with Crippen LogP contribution in [-0.4, -0.2) is 41.6 Å². The van der Waals surface area contributed by atoms with Gasteiger partial charge in [-0.1, -0.05) is 25.4 Å². The minimum Gasteiger partial charge on any atom is -0.353 e. The first-order chi connectivity index (χ1) is 11.9. The van der Waals surface area contributed by atoms with Gasteiger partial charge in [0.1, 0.15) is 0 Å². The third kappa shape index (κ3) is 6.23. The van der Waals surface area contributed by atoms with Crippen molar-refractivity contribution in [3.05, 3.63) is 29.3 Å². The molecule has 25 heavy (non-hydrogen) atoms. The highest BCUT2D eigenvalue weighted by atomic mass is 35.5. The molecule has 4 nitrogen and oxygen atoms in total. The van der Waals surface area contributed by atoms with Gasteiger partial charge in [0.25, 0.3) is 0 Å². The van der Waals surface area contributed by atoms with Gasteiger partial charge < -0.3 is 10.2 Å². The van der Waals surface area contributed by atoms with Crippen LogP contribution in [0.2, 0.25) is 5.02 Å². The lowest BCUT2D eigenvalue weighted by atomic mass is 9.95. The predicted molar refractivity (Wildman–Crippen MR) is 104 cm³/mol. The maximum absolute atomic E-state index is 12.4. The molecular formula is C19H27ClN2O2S. The summed E-state index contributed by atoms with van der Waals surface area (Å²) >= 11 is 7.39. The van der Waals surface area contributed by atoms with Crippen LogP contribution in [0.25, 0.3) is 0 Å². The molecular weight excluding hydrogens is 356 g/mol. The van der Waals surface area contributed by atoms with Crippen LogP contribution in [0.5, 0.6) is 0 Å². The number of carbonyl (C=O) groups is 2. The molecule has 0 aromatic heterocycles. The van der Waals surface area contributed by atoms with Crippen molar-refractivity contribution in [2.45, 2.75) is 44.6 Å². The first-order valence-electron chi connectivity index (χ1n) is 8.83. The summed E-state index contributed by atoms with van der Waals surface area (Å²) in [7, 11) is 0. The molecule has 1 N–H and O–H groups in total. The zero-order valence-corrected chi connectivity index (χ0v) is 16.7. The highest BCUT2D eigenvalue weighted by molar-refractivity contribution is 8.00. The van der Waals surface area contributed by atoms with Gasteiger partial charge in [-0.25, -0.2) is 0 Å². The molecule has 0 spiro atoms. The van der Waals surface area contributed by atoms with Gasteiger partial charge in [0.05, 0.1) is 5.75 Å². The first-order valence-corrected chi connectivity index (χ1v) is 10.2. The van der Waals surface area contributed by atoms with E-state index < -0.39 is 0 Å². The molecule has 0 radical (unpaired) electrons. The quantitative estimate of drug-likeness (QED) is 0.760. The van der Waals surface area contributed by atoms with Gasteiger partial charge in [0, 0.05) is 35.0 Å². The minimum absolute atomic E-state index is 0.0224. The molecule has 2 amide bonds. The van der Waals surface area contributed by atoms with Crippen LogP contribution in [0.1, 0.15) is 33.6 Å². The van der Waals surface area contributed by atoms with Crippen LogP contribution in [0.15, 0.2) is 29.2 Å². The molecule has 1 unspecified atom stereocenters. The molecule has 1 atom stereocenters. The molecule has 138 valence electrons. The molecule has 1 aliphatic heterocycles. The molecule has 0 saturated carbocycles. The SMILES string of the molecule is CC(C)C(C)NC(=O)C1CCN(C(=O)CSc2ccc(Cl)cc2)CC1. The fourth-order valence-corrected chi connectivity index (χ4v) is 3.59. The van der Waals surface area contributed by atoms with Crippen molar-refractivity contribution >= 4 is 35.2 Å². The molecule has 1 aromatic carbocycles. The lowest BCUT2D eigenvalue weighted by molar-refractivity contribution is -0.134. The molecule has 0 bridgehead atoms. The monoisotopic (exact) mass is 382 g/mol. The number of likely N-dealkylation sites (tertiary alicyclic amines) is 1. The van der Waals surface area contributed by atoms with Gasteiger partial charge in [-0.05, 0) is 49.9 Å². The average molecular weight is 383 g/mol. The summed E-state index contributed by atoms with van der Waals surface area (Å²) in [5, 5.41) is 3.78. The van der Waals surface area contributed by atoms with Crippen LogP contribution in [0.3, 0.4) is 0 Å². The topological polar surface area (TPSA) is 49.4 Å². The Kier molecular flexibility index (Phi) is 7.63. The van der Waals surface area contributed by atoms with Gasteiger partial charge in [0.15, 0.2) is 0 Å². The largest absolute Gasteiger partial charge is 0.353 e. The van der Waals surface area contributed by atoms with Crippen molar-refractivity contribution in [1.82, 2.24) is 10.2 Å². The molecule has 1 aromatic rings. The molecule has 1 saturated heterocycles. The van der Waals surface area contributed by atoms with E-state index in [1.807, 2.05) is 36.1 Å². The second-order valence-corrected chi connectivity index (χ2v) is 8.42. The summed E-state index contributed by atoms with van der Waals surface area (Å²) in [5.41, 5.74) is 0. The zero-order chi connectivity index (χ0) is 18.4. The Morgan fingerprint density at radius 3 is 2.36 bits per heavy atom. The number of halogens is 1. The Bertz CT molecular complexity index is 584. The predicted octanol–water partition coefficient (Wildman–Crippen LogP) is 3.83. The van der Waals surface area contributed by atoms with Crippen LogP contribution >= 0.6 is 23.4 Å². The van der Waals surface area contributed by atoms with Crippen LogP contribution in [0, 0.1) is 11.8 Å². The molecule has 1 aliphatic rings. The highest BCUT2D eigenvalue weighted by Crippen LogP contribution is 2.23. The number of benzene rings is 1. The number of nitrogens with one attached hydrogen (secondary N) is 1. The van der Waals surface area contributed by atoms with Crippen molar-refractivity contribution in [2.75, 3.05) is 18.8 Å². The highest BCUT2D eigenvalue weighted by Gasteiger charge is 2.28. The summed E-state index contributed by atoms with van der Waals surface area (Å²) in [4.78, 5) is 27.6. The van der Waals surface area contributed by atoms with Gasteiger partial charge in [0.2, 0.25) is 11.8 Å². The van der Waals surface area contributed by atoms with E-state index in [9.17, 15) is 9.59 Å². The maximum atomic E-state index is 12.4. The summed E-state index contributed by atoms with van der Waals surface area (Å²) in [6, 6.07) is 7.69. The van der Waals surface area contributed by atoms with Gasteiger partial charge >= 0.3 is 0 Å². The van der Waals surface area contributed by atoms with E-state index >= 15 is 0 Å². The van der Waals surface area contributed by atoms with Crippen LogP contribution in [-0.2, 0) is 9.59 Å². The Labute approximate surface area is 159 Å². The average Bonchev–Trinajstić information content (AvgIpc) is 2.61. The molecule has 0 aliphatic carbocycles. The van der Waals surface area contributed by atoms with Crippen molar-refractivity contribution in [3.8, 4) is 0 Å². The van der Waals surface area contributed by atoms with E-state index in [-0.39, 0.29) is 23.8 Å². The standard InChI is InChI=1S/C19H27ClN2O2S/c1-13(2)14(3)21-19(24)15-8-10-22(11-9-15)18(23)12-25-17-6-4-16(20)5-7-17/h4-7,13-15H,8-12H2,1-3H3,(H,21,24). The van der Waals surface area contributed by atoms with Gasteiger partial charge in [-0.3, -0.25) is 9.59 Å². The lowest BCUT2D eigenvalue weighted by Crippen LogP contribution is -2.46. The first kappa shape index (κ1) is 20.1. The number of nitrogens with zero attached hydrogens (tertiary/aromatic N) is 1. The second kappa shape index (κ2) is 9.48. The number of carbonyl (C=O) groups excluding carboxylic acids is 2. The van der Waals surface area contributed by atoms with Gasteiger partial charge in [-0.2, -0.15) is 0 Å². The Morgan fingerprint density at radius 2 is 1.80 bits per heavy atom. The number of hydrogen-bond donors (Lipinski definition) is 1. The minimum atomic E-state index is 0.0224. The smallest absolute Gasteiger partial charge is 0.232 e. The summed E-state index contributed by atoms with van der Waals surface area (Å²) in [5.74, 6) is 1.13. The van der Waals surface area contributed by atoms with Crippen molar-refractivity contribution < 1.29 is 9.59 Å². The number of hydrogen-bond acceptors (Lipinski definition) is 3. The van der Waals surface area contributed by atoms with E-state index in [1.54, 1.807) is 0 Å². The number of amides is 2. The zero-order valence-electron chi connectivity index (χ0n) is 15.1. The maximum Gasteiger partial charge on any atom is 0.232 e. The van der Waals surface area contributed by atoms with Crippen molar-refractivity contribution in [3.63, 3.8) is 0 Å². The summed E-state index contributed by atoms with van der Waals surface area (Å²) < 4.78 is 0. The Hall–Kier alpha value is -1.20. The summed E-state index contributed by atoms with van der Waals surface area (Å²) in [6.45, 7) is 7.56. The number of thioether (sulfide) groups is 1. The normalized spacial score (nSPS) is 16.8. The van der Waals surface area contributed by atoms with Crippen LogP contribution < -0.4 is 5.32 Å². The van der Waals surface area contributed by atoms with Crippen LogP contribution in [0.4, 0.5) is 0 Å². The molecule has 1 heterocycles. The molecule has 1 fully saturated rings. The fraction of sp³-hybridized carbons (Fsp3) is 0.579. The lowest BCUT2D eigenvalue weighted by Gasteiger charge is -2.32. The van der Waals surface area contributed by atoms with E-state index in [0.29, 0.717) is 29.8 Å². The van der Waals surface area contributed by atoms with E-state index in [4.69, 9.17) is 11.6 Å².